The van der Waals surface area contributed by atoms with E-state index in [-0.39, 0.29) is 11.5 Å². The first-order valence-corrected chi connectivity index (χ1v) is 7.44. The first kappa shape index (κ1) is 14.6. The molecule has 3 rings (SSSR count). The molecule has 116 valence electrons. The number of likely N-dealkylation sites (tertiary alicyclic amines) is 1. The van der Waals surface area contributed by atoms with Gasteiger partial charge in [-0.2, -0.15) is 5.10 Å². The molecule has 0 spiro atoms. The van der Waals surface area contributed by atoms with E-state index in [2.05, 4.69) is 5.10 Å². The van der Waals surface area contributed by atoms with Gasteiger partial charge in [0.2, 0.25) is 5.91 Å². The van der Waals surface area contributed by atoms with E-state index in [1.807, 2.05) is 0 Å². The SMILES string of the molecule is CC(C)(C(=O)N1CCCC1)n1nc(-c2ccco2)ccc1=O. The van der Waals surface area contributed by atoms with Crippen molar-refractivity contribution in [3.8, 4) is 11.5 Å². The second-order valence-electron chi connectivity index (χ2n) is 6.00. The summed E-state index contributed by atoms with van der Waals surface area (Å²) in [6.45, 7) is 4.95. The summed E-state index contributed by atoms with van der Waals surface area (Å²) in [4.78, 5) is 26.7. The van der Waals surface area contributed by atoms with Crippen molar-refractivity contribution in [2.24, 2.45) is 0 Å². The Morgan fingerprint density at radius 1 is 1.23 bits per heavy atom. The van der Waals surface area contributed by atoms with Crippen molar-refractivity contribution in [3.05, 3.63) is 40.9 Å². The second-order valence-corrected chi connectivity index (χ2v) is 6.00. The highest BCUT2D eigenvalue weighted by molar-refractivity contribution is 5.83. The van der Waals surface area contributed by atoms with E-state index in [4.69, 9.17) is 4.42 Å². The molecule has 0 unspecified atom stereocenters. The lowest BCUT2D eigenvalue weighted by Crippen LogP contribution is -2.50. The van der Waals surface area contributed by atoms with E-state index in [1.54, 1.807) is 43.2 Å². The Labute approximate surface area is 128 Å². The minimum absolute atomic E-state index is 0.0730. The molecule has 6 heteroatoms. The molecule has 1 aliphatic rings. The summed E-state index contributed by atoms with van der Waals surface area (Å²) in [5, 5.41) is 4.34. The van der Waals surface area contributed by atoms with Gasteiger partial charge in [-0.15, -0.1) is 0 Å². The number of rotatable bonds is 3. The topological polar surface area (TPSA) is 68.3 Å². The van der Waals surface area contributed by atoms with Gasteiger partial charge >= 0.3 is 0 Å². The third-order valence-electron chi connectivity index (χ3n) is 4.02. The molecule has 22 heavy (non-hydrogen) atoms. The minimum atomic E-state index is -1.02. The van der Waals surface area contributed by atoms with Crippen LogP contribution < -0.4 is 5.56 Å². The molecular formula is C16H19N3O3. The summed E-state index contributed by atoms with van der Waals surface area (Å²) in [6.07, 6.45) is 3.57. The van der Waals surface area contributed by atoms with Crippen molar-refractivity contribution >= 4 is 5.91 Å². The number of carbonyl (C=O) groups excluding carboxylic acids is 1. The zero-order chi connectivity index (χ0) is 15.7. The normalized spacial score (nSPS) is 15.3. The highest BCUT2D eigenvalue weighted by atomic mass is 16.3. The van der Waals surface area contributed by atoms with Crippen LogP contribution in [-0.2, 0) is 10.3 Å². The van der Waals surface area contributed by atoms with E-state index < -0.39 is 5.54 Å². The Kier molecular flexibility index (Phi) is 3.60. The van der Waals surface area contributed by atoms with Gasteiger partial charge in [0.25, 0.3) is 5.56 Å². The molecule has 3 heterocycles. The van der Waals surface area contributed by atoms with Gasteiger partial charge in [0.15, 0.2) is 5.76 Å². The Morgan fingerprint density at radius 3 is 2.59 bits per heavy atom. The third kappa shape index (κ3) is 2.45. The summed E-state index contributed by atoms with van der Waals surface area (Å²) in [5.41, 5.74) is -0.788. The highest BCUT2D eigenvalue weighted by Gasteiger charge is 2.36. The van der Waals surface area contributed by atoms with Crippen LogP contribution in [0.3, 0.4) is 0 Å². The van der Waals surface area contributed by atoms with Crippen molar-refractivity contribution in [3.63, 3.8) is 0 Å². The van der Waals surface area contributed by atoms with Crippen molar-refractivity contribution in [2.75, 3.05) is 13.1 Å². The van der Waals surface area contributed by atoms with Crippen LogP contribution in [-0.4, -0.2) is 33.7 Å². The zero-order valence-corrected chi connectivity index (χ0v) is 12.8. The lowest BCUT2D eigenvalue weighted by molar-refractivity contribution is -0.138. The van der Waals surface area contributed by atoms with Gasteiger partial charge in [-0.05, 0) is 44.9 Å². The van der Waals surface area contributed by atoms with Crippen molar-refractivity contribution in [2.45, 2.75) is 32.2 Å². The predicted molar refractivity (Wildman–Crippen MR) is 81.3 cm³/mol. The largest absolute Gasteiger partial charge is 0.463 e. The van der Waals surface area contributed by atoms with Crippen molar-refractivity contribution < 1.29 is 9.21 Å². The Balaban J connectivity index is 2.00. The molecule has 0 radical (unpaired) electrons. The predicted octanol–water partition coefficient (Wildman–Crippen LogP) is 1.86. The van der Waals surface area contributed by atoms with Crippen LogP contribution in [0.2, 0.25) is 0 Å². The van der Waals surface area contributed by atoms with Gasteiger partial charge in [0.05, 0.1) is 6.26 Å². The number of hydrogen-bond donors (Lipinski definition) is 0. The Hall–Kier alpha value is -2.37. The lowest BCUT2D eigenvalue weighted by atomic mass is 10.0. The molecule has 0 N–H and O–H groups in total. The number of amides is 1. The maximum Gasteiger partial charge on any atom is 0.267 e. The fourth-order valence-corrected chi connectivity index (χ4v) is 2.77. The number of carbonyl (C=O) groups is 1. The van der Waals surface area contributed by atoms with Crippen LogP contribution in [0.1, 0.15) is 26.7 Å². The van der Waals surface area contributed by atoms with E-state index in [9.17, 15) is 9.59 Å². The van der Waals surface area contributed by atoms with Crippen LogP contribution >= 0.6 is 0 Å². The summed E-state index contributed by atoms with van der Waals surface area (Å²) in [5.74, 6) is 0.495. The molecule has 0 aromatic carbocycles. The first-order chi connectivity index (χ1) is 10.5. The summed E-state index contributed by atoms with van der Waals surface area (Å²) in [6, 6.07) is 6.55. The highest BCUT2D eigenvalue weighted by Crippen LogP contribution is 2.21. The molecule has 2 aromatic rings. The second kappa shape index (κ2) is 5.44. The molecule has 0 aliphatic carbocycles. The van der Waals surface area contributed by atoms with E-state index in [1.165, 1.54) is 10.7 Å². The van der Waals surface area contributed by atoms with Gasteiger partial charge in [0, 0.05) is 19.2 Å². The lowest BCUT2D eigenvalue weighted by Gasteiger charge is -2.29. The number of furan rings is 1. The number of hydrogen-bond acceptors (Lipinski definition) is 4. The first-order valence-electron chi connectivity index (χ1n) is 7.44. The molecule has 1 fully saturated rings. The quantitative estimate of drug-likeness (QED) is 0.868. The Morgan fingerprint density at radius 2 is 1.95 bits per heavy atom. The minimum Gasteiger partial charge on any atom is -0.463 e. The van der Waals surface area contributed by atoms with Crippen LogP contribution in [0, 0.1) is 0 Å². The van der Waals surface area contributed by atoms with Crippen LogP contribution in [0.4, 0.5) is 0 Å². The van der Waals surface area contributed by atoms with E-state index in [0.717, 1.165) is 25.9 Å². The Bertz CT molecular complexity index is 725. The summed E-state index contributed by atoms with van der Waals surface area (Å²) >= 11 is 0. The van der Waals surface area contributed by atoms with Crippen LogP contribution in [0.25, 0.3) is 11.5 Å². The molecule has 0 atom stereocenters. The molecule has 6 nitrogen and oxygen atoms in total. The van der Waals surface area contributed by atoms with Gasteiger partial charge in [-0.25, -0.2) is 4.68 Å². The molecule has 0 saturated carbocycles. The molecule has 1 saturated heterocycles. The molecule has 1 aliphatic heterocycles. The monoisotopic (exact) mass is 301 g/mol. The number of aromatic nitrogens is 2. The standard InChI is InChI=1S/C16H19N3O3/c1-16(2,15(21)18-9-3-4-10-18)19-14(20)8-7-12(17-19)13-6-5-11-22-13/h5-8,11H,3-4,9-10H2,1-2H3. The fraction of sp³-hybridized carbons (Fsp3) is 0.438. The average molecular weight is 301 g/mol. The fourth-order valence-electron chi connectivity index (χ4n) is 2.77. The summed E-state index contributed by atoms with van der Waals surface area (Å²) < 4.78 is 6.57. The molecule has 2 aromatic heterocycles. The number of nitrogens with zero attached hydrogens (tertiary/aromatic N) is 3. The van der Waals surface area contributed by atoms with Gasteiger partial charge in [-0.3, -0.25) is 9.59 Å². The smallest absolute Gasteiger partial charge is 0.267 e. The summed E-state index contributed by atoms with van der Waals surface area (Å²) in [7, 11) is 0. The maximum absolute atomic E-state index is 12.7. The van der Waals surface area contributed by atoms with E-state index in [0.29, 0.717) is 11.5 Å². The van der Waals surface area contributed by atoms with Gasteiger partial charge in [-0.1, -0.05) is 0 Å². The molecule has 1 amide bonds. The van der Waals surface area contributed by atoms with Crippen LogP contribution in [0.5, 0.6) is 0 Å². The van der Waals surface area contributed by atoms with Crippen molar-refractivity contribution in [1.29, 1.82) is 0 Å². The molecule has 0 bridgehead atoms. The van der Waals surface area contributed by atoms with Crippen molar-refractivity contribution in [1.82, 2.24) is 14.7 Å². The van der Waals surface area contributed by atoms with Gasteiger partial charge < -0.3 is 9.32 Å². The third-order valence-corrected chi connectivity index (χ3v) is 4.02. The van der Waals surface area contributed by atoms with Crippen LogP contribution in [0.15, 0.2) is 39.7 Å². The average Bonchev–Trinajstić information content (AvgIpc) is 3.20. The van der Waals surface area contributed by atoms with E-state index >= 15 is 0 Å². The van der Waals surface area contributed by atoms with Gasteiger partial charge in [0.1, 0.15) is 11.2 Å². The molecular weight excluding hydrogens is 282 g/mol. The zero-order valence-electron chi connectivity index (χ0n) is 12.8. The maximum atomic E-state index is 12.7.